The van der Waals surface area contributed by atoms with Gasteiger partial charge in [0.1, 0.15) is 0 Å². The summed E-state index contributed by atoms with van der Waals surface area (Å²) in [4.78, 5) is 6.99. The average molecular weight is 466 g/mol. The van der Waals surface area contributed by atoms with E-state index in [0.717, 1.165) is 33.3 Å². The summed E-state index contributed by atoms with van der Waals surface area (Å²) in [6.07, 6.45) is 0. The highest BCUT2D eigenvalue weighted by atomic mass is 35.5. The van der Waals surface area contributed by atoms with E-state index in [-0.39, 0.29) is 0 Å². The van der Waals surface area contributed by atoms with E-state index in [0.29, 0.717) is 5.02 Å². The summed E-state index contributed by atoms with van der Waals surface area (Å²) in [7, 11) is 1.20. The molecule has 0 fully saturated rings. The van der Waals surface area contributed by atoms with Gasteiger partial charge in [0, 0.05) is 36.9 Å². The van der Waals surface area contributed by atoms with Crippen molar-refractivity contribution in [2.75, 3.05) is 15.5 Å². The first-order valence-corrected chi connectivity index (χ1v) is 12.6. The first-order chi connectivity index (χ1) is 15.0. The van der Waals surface area contributed by atoms with Gasteiger partial charge in [0.2, 0.25) is 5.96 Å². The summed E-state index contributed by atoms with van der Waals surface area (Å²) in [5.74, 6) is 0.785. The Labute approximate surface area is 192 Å². The zero-order valence-electron chi connectivity index (χ0n) is 17.0. The largest absolute Gasteiger partial charge is 0.334 e. The van der Waals surface area contributed by atoms with E-state index >= 15 is 0 Å². The van der Waals surface area contributed by atoms with Crippen LogP contribution in [-0.4, -0.2) is 16.2 Å². The van der Waals surface area contributed by atoms with E-state index in [1.807, 2.05) is 24.3 Å². The van der Waals surface area contributed by atoms with Crippen LogP contribution in [0.3, 0.4) is 0 Å². The second-order valence-electron chi connectivity index (χ2n) is 7.24. The Hall–Kier alpha value is -2.74. The van der Waals surface area contributed by atoms with Crippen LogP contribution < -0.4 is 15.5 Å². The molecule has 1 unspecified atom stereocenters. The molecule has 3 aromatic carbocycles. The Kier molecular flexibility index (Phi) is 5.48. The van der Waals surface area contributed by atoms with E-state index in [2.05, 4.69) is 77.9 Å². The molecule has 0 bridgehead atoms. The van der Waals surface area contributed by atoms with Crippen LogP contribution in [0.2, 0.25) is 5.02 Å². The molecule has 0 spiro atoms. The topological polar surface area (TPSA) is 52.0 Å². The van der Waals surface area contributed by atoms with Gasteiger partial charge < -0.3 is 10.6 Å². The molecule has 0 saturated heterocycles. The van der Waals surface area contributed by atoms with E-state index in [1.54, 1.807) is 10.8 Å². The summed E-state index contributed by atoms with van der Waals surface area (Å²) in [6.45, 7) is 4.17. The number of aryl methyl sites for hydroxylation is 2. The van der Waals surface area contributed by atoms with Crippen molar-refractivity contribution in [2.24, 2.45) is 9.39 Å². The quantitative estimate of drug-likeness (QED) is 0.336. The van der Waals surface area contributed by atoms with Crippen LogP contribution >= 0.6 is 32.1 Å². The number of benzene rings is 3. The summed E-state index contributed by atoms with van der Waals surface area (Å²) in [5.41, 5.74) is 5.42. The van der Waals surface area contributed by atoms with Crippen molar-refractivity contribution in [1.29, 1.82) is 0 Å². The molecule has 8 heteroatoms. The van der Waals surface area contributed by atoms with Crippen LogP contribution in [0.1, 0.15) is 11.1 Å². The minimum Gasteiger partial charge on any atom is -0.334 e. The molecule has 5 nitrogen and oxygen atoms in total. The molecular weight excluding hydrogens is 446 g/mol. The monoisotopic (exact) mass is 465 g/mol. The van der Waals surface area contributed by atoms with Crippen molar-refractivity contribution < 1.29 is 0 Å². The summed E-state index contributed by atoms with van der Waals surface area (Å²) < 4.78 is 4.96. The van der Waals surface area contributed by atoms with E-state index in [1.165, 1.54) is 11.1 Å². The Bertz CT molecular complexity index is 1220. The molecule has 0 aromatic heterocycles. The number of hydrogen-bond donors (Lipinski definition) is 2. The Morgan fingerprint density at radius 2 is 1.39 bits per heavy atom. The fraction of sp³-hybridized carbons (Fsp3) is 0.0870. The van der Waals surface area contributed by atoms with Crippen LogP contribution in [0.5, 0.6) is 0 Å². The lowest BCUT2D eigenvalue weighted by Crippen LogP contribution is -2.37. The molecule has 2 aliphatic rings. The van der Waals surface area contributed by atoms with Gasteiger partial charge in [-0.3, -0.25) is 4.90 Å². The molecule has 0 aliphatic carbocycles. The van der Waals surface area contributed by atoms with E-state index in [9.17, 15) is 0 Å². The highest BCUT2D eigenvalue weighted by molar-refractivity contribution is 8.89. The molecule has 0 saturated carbocycles. The fourth-order valence-corrected chi connectivity index (χ4v) is 6.31. The number of anilines is 3. The Morgan fingerprint density at radius 3 is 2.06 bits per heavy atom. The van der Waals surface area contributed by atoms with Gasteiger partial charge in [-0.2, -0.15) is 9.39 Å². The number of nitrogens with one attached hydrogen (secondary N) is 2. The predicted octanol–water partition coefficient (Wildman–Crippen LogP) is 6.65. The smallest absolute Gasteiger partial charge is 0.221 e. The van der Waals surface area contributed by atoms with Gasteiger partial charge in [0.05, 0.1) is 5.69 Å². The molecule has 3 aromatic rings. The summed E-state index contributed by atoms with van der Waals surface area (Å²) >= 11 is 6.00. The lowest BCUT2D eigenvalue weighted by molar-refractivity contribution is 1.36. The minimum absolute atomic E-state index is 0.428. The molecule has 1 atom stereocenters. The van der Waals surface area contributed by atoms with Gasteiger partial charge in [-0.15, -0.1) is 0 Å². The lowest BCUT2D eigenvalue weighted by Gasteiger charge is -2.22. The van der Waals surface area contributed by atoms with Crippen LogP contribution in [0.25, 0.3) is 0 Å². The van der Waals surface area contributed by atoms with E-state index in [4.69, 9.17) is 21.0 Å². The van der Waals surface area contributed by atoms with Crippen LogP contribution in [0.4, 0.5) is 17.1 Å². The molecule has 0 radical (unpaired) electrons. The van der Waals surface area contributed by atoms with Gasteiger partial charge in [-0.25, -0.2) is 0 Å². The SMILES string of the molecule is Cc1ccc(NC2=NS3=C(N=C(Nc4ccc(Cl)cc4)S3)N2c2ccc(C)cc2)cc1. The minimum atomic E-state index is -0.428. The third kappa shape index (κ3) is 4.35. The first kappa shape index (κ1) is 20.2. The van der Waals surface area contributed by atoms with Crippen molar-refractivity contribution >= 4 is 65.4 Å². The van der Waals surface area contributed by atoms with Gasteiger partial charge in [-0.1, -0.05) is 47.0 Å². The number of aliphatic imine (C=N–C) groups is 1. The maximum Gasteiger partial charge on any atom is 0.221 e. The maximum absolute atomic E-state index is 6.00. The predicted molar refractivity (Wildman–Crippen MR) is 139 cm³/mol. The second kappa shape index (κ2) is 8.42. The van der Waals surface area contributed by atoms with Crippen LogP contribution in [0, 0.1) is 13.8 Å². The summed E-state index contributed by atoms with van der Waals surface area (Å²) in [6, 6.07) is 24.3. The molecular formula is C23H20ClN5S2. The lowest BCUT2D eigenvalue weighted by atomic mass is 10.2. The van der Waals surface area contributed by atoms with E-state index < -0.39 is 9.70 Å². The zero-order valence-corrected chi connectivity index (χ0v) is 19.4. The van der Waals surface area contributed by atoms with Crippen molar-refractivity contribution in [1.82, 2.24) is 0 Å². The number of amidine groups is 1. The van der Waals surface area contributed by atoms with Gasteiger partial charge >= 0.3 is 0 Å². The van der Waals surface area contributed by atoms with Crippen molar-refractivity contribution in [3.63, 3.8) is 0 Å². The average Bonchev–Trinajstić information content (AvgIpc) is 3.29. The maximum atomic E-state index is 6.00. The molecule has 2 N–H and O–H groups in total. The molecule has 5 rings (SSSR count). The molecule has 0 amide bonds. The van der Waals surface area contributed by atoms with Crippen molar-refractivity contribution in [3.8, 4) is 0 Å². The van der Waals surface area contributed by atoms with Crippen molar-refractivity contribution in [2.45, 2.75) is 13.8 Å². The number of halogens is 1. The standard InChI is InChI=1S/C23H20ClN5S2/c1-15-3-9-18(10-4-15)25-21-28-31-23(29(21)20-13-5-16(2)6-14-20)27-22(30-31)26-19-11-7-17(24)8-12-19/h3-14H,1-2H3,(H,25,28)(H,26,27). The molecule has 2 heterocycles. The first-order valence-electron chi connectivity index (χ1n) is 9.75. The summed E-state index contributed by atoms with van der Waals surface area (Å²) in [5, 5.41) is 9.30. The highest BCUT2D eigenvalue weighted by Gasteiger charge is 2.33. The van der Waals surface area contributed by atoms with Crippen LogP contribution in [0.15, 0.2) is 82.2 Å². The number of guanidine groups is 1. The van der Waals surface area contributed by atoms with Gasteiger partial charge in [-0.05, 0) is 62.4 Å². The van der Waals surface area contributed by atoms with Crippen LogP contribution in [-0.2, 0) is 0 Å². The number of rotatable bonds is 3. The molecule has 31 heavy (non-hydrogen) atoms. The third-order valence-electron chi connectivity index (χ3n) is 4.78. The van der Waals surface area contributed by atoms with Gasteiger partial charge in [0.25, 0.3) is 0 Å². The molecule has 156 valence electrons. The van der Waals surface area contributed by atoms with Gasteiger partial charge in [0.15, 0.2) is 10.3 Å². The van der Waals surface area contributed by atoms with Crippen molar-refractivity contribution in [3.05, 3.63) is 88.9 Å². The highest BCUT2D eigenvalue weighted by Crippen LogP contribution is 2.46. The zero-order chi connectivity index (χ0) is 21.4. The Morgan fingerprint density at radius 1 is 0.806 bits per heavy atom. The molecule has 2 aliphatic heterocycles. The Balaban J connectivity index is 1.43. The second-order valence-corrected chi connectivity index (χ2v) is 10.7. The normalized spacial score (nSPS) is 17.3. The number of nitrogens with zero attached hydrogens (tertiary/aromatic N) is 3. The third-order valence-corrected chi connectivity index (χ3v) is 8.08. The fourth-order valence-electron chi connectivity index (χ4n) is 3.13. The number of hydrogen-bond acceptors (Lipinski definition) is 6.